The molecule has 0 unspecified atom stereocenters. The van der Waals surface area contributed by atoms with Gasteiger partial charge in [0.25, 0.3) is 5.69 Å². The number of nitro groups is 1. The number of carboxylic acids is 1. The van der Waals surface area contributed by atoms with Crippen molar-refractivity contribution >= 4 is 17.3 Å². The van der Waals surface area contributed by atoms with Gasteiger partial charge in [0, 0.05) is 17.3 Å². The van der Waals surface area contributed by atoms with E-state index in [4.69, 9.17) is 10.4 Å². The SMILES string of the molecule is CC(C)(CC(=O)O)Nc1ccc([N+](=O)[O-])c(C#N)c1. The minimum Gasteiger partial charge on any atom is -0.481 e. The van der Waals surface area contributed by atoms with Gasteiger partial charge in [0.15, 0.2) is 0 Å². The zero-order chi connectivity index (χ0) is 14.6. The topological polar surface area (TPSA) is 116 Å². The number of carboxylic acid groups (broad SMARTS) is 1. The second-order valence-electron chi connectivity index (χ2n) is 4.68. The predicted molar refractivity (Wildman–Crippen MR) is 67.8 cm³/mol. The Balaban J connectivity index is 3.01. The summed E-state index contributed by atoms with van der Waals surface area (Å²) in [7, 11) is 0. The number of nitro benzene ring substituents is 1. The molecule has 1 aromatic rings. The molecule has 0 bridgehead atoms. The van der Waals surface area contributed by atoms with Crippen LogP contribution in [-0.2, 0) is 4.79 Å². The third-order valence-corrected chi connectivity index (χ3v) is 2.39. The molecule has 0 aliphatic rings. The molecule has 0 aliphatic heterocycles. The fourth-order valence-corrected chi connectivity index (χ4v) is 1.68. The van der Waals surface area contributed by atoms with Crippen molar-refractivity contribution in [1.29, 1.82) is 5.26 Å². The van der Waals surface area contributed by atoms with E-state index in [0.29, 0.717) is 5.69 Å². The molecule has 1 rings (SSSR count). The van der Waals surface area contributed by atoms with E-state index >= 15 is 0 Å². The molecule has 0 radical (unpaired) electrons. The van der Waals surface area contributed by atoms with E-state index in [9.17, 15) is 14.9 Å². The van der Waals surface area contributed by atoms with Crippen molar-refractivity contribution in [3.63, 3.8) is 0 Å². The molecule has 19 heavy (non-hydrogen) atoms. The number of rotatable bonds is 5. The first-order valence-corrected chi connectivity index (χ1v) is 5.44. The van der Waals surface area contributed by atoms with Gasteiger partial charge in [-0.1, -0.05) is 0 Å². The third kappa shape index (κ3) is 3.96. The number of aliphatic carboxylic acids is 1. The zero-order valence-corrected chi connectivity index (χ0v) is 10.5. The van der Waals surface area contributed by atoms with E-state index in [1.165, 1.54) is 18.2 Å². The van der Waals surface area contributed by atoms with Crippen LogP contribution in [0.5, 0.6) is 0 Å². The Hall–Kier alpha value is -2.62. The lowest BCUT2D eigenvalue weighted by Crippen LogP contribution is -2.33. The van der Waals surface area contributed by atoms with Gasteiger partial charge in [-0.25, -0.2) is 0 Å². The Morgan fingerprint density at radius 2 is 2.21 bits per heavy atom. The summed E-state index contributed by atoms with van der Waals surface area (Å²) >= 11 is 0. The van der Waals surface area contributed by atoms with Crippen molar-refractivity contribution in [2.75, 3.05) is 5.32 Å². The zero-order valence-electron chi connectivity index (χ0n) is 10.5. The summed E-state index contributed by atoms with van der Waals surface area (Å²) in [5.41, 5.74) is -0.604. The largest absolute Gasteiger partial charge is 0.481 e. The van der Waals surface area contributed by atoms with Crippen LogP contribution in [-0.4, -0.2) is 21.5 Å². The number of nitrogens with zero attached hydrogens (tertiary/aromatic N) is 2. The summed E-state index contributed by atoms with van der Waals surface area (Å²) < 4.78 is 0. The Kier molecular flexibility index (Phi) is 4.07. The van der Waals surface area contributed by atoms with Crippen molar-refractivity contribution in [2.45, 2.75) is 25.8 Å². The Morgan fingerprint density at radius 1 is 1.58 bits per heavy atom. The summed E-state index contributed by atoms with van der Waals surface area (Å²) in [6.45, 7) is 3.38. The summed E-state index contributed by atoms with van der Waals surface area (Å²) in [5.74, 6) is -0.958. The molecule has 0 saturated heterocycles. The first-order valence-electron chi connectivity index (χ1n) is 5.44. The number of hydrogen-bond donors (Lipinski definition) is 2. The molecule has 2 N–H and O–H groups in total. The molecule has 0 saturated carbocycles. The highest BCUT2D eigenvalue weighted by Gasteiger charge is 2.22. The molecule has 0 amide bonds. The number of carbonyl (C=O) groups is 1. The van der Waals surface area contributed by atoms with Crippen LogP contribution in [0, 0.1) is 21.4 Å². The van der Waals surface area contributed by atoms with Crippen molar-refractivity contribution in [1.82, 2.24) is 0 Å². The van der Waals surface area contributed by atoms with E-state index in [0.717, 1.165) is 0 Å². The fraction of sp³-hybridized carbons (Fsp3) is 0.333. The minimum absolute atomic E-state index is 0.0684. The standard InChI is InChI=1S/C12H13N3O4/c1-12(2,6-11(16)17)14-9-3-4-10(15(18)19)8(5-9)7-13/h3-5,14H,6H2,1-2H3,(H,16,17). The van der Waals surface area contributed by atoms with Gasteiger partial charge >= 0.3 is 5.97 Å². The van der Waals surface area contributed by atoms with Crippen LogP contribution in [0.25, 0.3) is 0 Å². The van der Waals surface area contributed by atoms with Gasteiger partial charge in [-0.15, -0.1) is 0 Å². The van der Waals surface area contributed by atoms with E-state index in [1.54, 1.807) is 19.9 Å². The average molecular weight is 263 g/mol. The summed E-state index contributed by atoms with van der Waals surface area (Å²) in [5, 5.41) is 31.2. The van der Waals surface area contributed by atoms with Crippen LogP contribution in [0.2, 0.25) is 0 Å². The molecule has 0 heterocycles. The highest BCUT2D eigenvalue weighted by atomic mass is 16.6. The van der Waals surface area contributed by atoms with Crippen LogP contribution in [0.15, 0.2) is 18.2 Å². The van der Waals surface area contributed by atoms with Gasteiger partial charge in [-0.05, 0) is 26.0 Å². The van der Waals surface area contributed by atoms with Crippen molar-refractivity contribution in [3.8, 4) is 6.07 Å². The van der Waals surface area contributed by atoms with Crippen LogP contribution < -0.4 is 5.32 Å². The van der Waals surface area contributed by atoms with Gasteiger partial charge in [-0.2, -0.15) is 5.26 Å². The molecule has 7 heteroatoms. The lowest BCUT2D eigenvalue weighted by molar-refractivity contribution is -0.385. The lowest BCUT2D eigenvalue weighted by atomic mass is 10.00. The highest BCUT2D eigenvalue weighted by molar-refractivity contribution is 5.69. The monoisotopic (exact) mass is 263 g/mol. The van der Waals surface area contributed by atoms with Crippen molar-refractivity contribution < 1.29 is 14.8 Å². The molecule has 0 fully saturated rings. The number of hydrogen-bond acceptors (Lipinski definition) is 5. The van der Waals surface area contributed by atoms with E-state index in [1.807, 2.05) is 0 Å². The van der Waals surface area contributed by atoms with Gasteiger partial charge in [0.05, 0.1) is 11.3 Å². The van der Waals surface area contributed by atoms with Gasteiger partial charge in [-0.3, -0.25) is 14.9 Å². The molecule has 100 valence electrons. The molecule has 0 spiro atoms. The third-order valence-electron chi connectivity index (χ3n) is 2.39. The Labute approximate surface area is 109 Å². The van der Waals surface area contributed by atoms with Crippen LogP contribution in [0.1, 0.15) is 25.8 Å². The van der Waals surface area contributed by atoms with Gasteiger partial charge in [0.1, 0.15) is 11.6 Å². The molecule has 0 aliphatic carbocycles. The number of benzene rings is 1. The van der Waals surface area contributed by atoms with E-state index < -0.39 is 16.4 Å². The Bertz CT molecular complexity index is 561. The minimum atomic E-state index is -0.958. The molecule has 0 aromatic heterocycles. The second-order valence-corrected chi connectivity index (χ2v) is 4.68. The molecular formula is C12H13N3O4. The van der Waals surface area contributed by atoms with Crippen molar-refractivity contribution in [3.05, 3.63) is 33.9 Å². The molecular weight excluding hydrogens is 250 g/mol. The summed E-state index contributed by atoms with van der Waals surface area (Å²) in [6.07, 6.45) is -0.119. The van der Waals surface area contributed by atoms with Crippen molar-refractivity contribution in [2.24, 2.45) is 0 Å². The van der Waals surface area contributed by atoms with Crippen LogP contribution in [0.4, 0.5) is 11.4 Å². The van der Waals surface area contributed by atoms with Gasteiger partial charge in [0.2, 0.25) is 0 Å². The summed E-state index contributed by atoms with van der Waals surface area (Å²) in [4.78, 5) is 20.7. The molecule has 1 aromatic carbocycles. The highest BCUT2D eigenvalue weighted by Crippen LogP contribution is 2.24. The Morgan fingerprint density at radius 3 is 2.68 bits per heavy atom. The van der Waals surface area contributed by atoms with Gasteiger partial charge < -0.3 is 10.4 Å². The quantitative estimate of drug-likeness (QED) is 0.620. The van der Waals surface area contributed by atoms with Crippen LogP contribution in [0.3, 0.4) is 0 Å². The first-order chi connectivity index (χ1) is 8.75. The normalized spacial score (nSPS) is 10.6. The number of nitrogens with one attached hydrogen (secondary N) is 1. The van der Waals surface area contributed by atoms with E-state index in [-0.39, 0.29) is 17.7 Å². The first kappa shape index (κ1) is 14.4. The maximum atomic E-state index is 10.7. The predicted octanol–water partition coefficient (Wildman–Crippen LogP) is 2.13. The number of nitriles is 1. The summed E-state index contributed by atoms with van der Waals surface area (Å²) in [6, 6.07) is 5.75. The fourth-order valence-electron chi connectivity index (χ4n) is 1.68. The van der Waals surface area contributed by atoms with Crippen LogP contribution >= 0.6 is 0 Å². The maximum Gasteiger partial charge on any atom is 0.305 e. The number of anilines is 1. The molecule has 0 atom stereocenters. The maximum absolute atomic E-state index is 10.7. The lowest BCUT2D eigenvalue weighted by Gasteiger charge is -2.25. The second kappa shape index (κ2) is 5.35. The smallest absolute Gasteiger partial charge is 0.305 e. The van der Waals surface area contributed by atoms with E-state index in [2.05, 4.69) is 5.32 Å². The molecule has 7 nitrogen and oxygen atoms in total. The average Bonchev–Trinajstić information content (AvgIpc) is 2.25.